The number of aryl methyl sites for hydroxylation is 1. The van der Waals surface area contributed by atoms with Crippen molar-refractivity contribution in [2.75, 3.05) is 23.4 Å². The van der Waals surface area contributed by atoms with Gasteiger partial charge in [0.1, 0.15) is 11.6 Å². The molecular weight excluding hydrogens is 352 g/mol. The smallest absolute Gasteiger partial charge is 0.162 e. The second-order valence-electron chi connectivity index (χ2n) is 7.33. The zero-order valence-corrected chi connectivity index (χ0v) is 16.4. The summed E-state index contributed by atoms with van der Waals surface area (Å²) in [5.41, 5.74) is 3.16. The number of nitrogens with zero attached hydrogens (tertiary/aromatic N) is 5. The summed E-state index contributed by atoms with van der Waals surface area (Å²) < 4.78 is 1.89. The summed E-state index contributed by atoms with van der Waals surface area (Å²) in [5, 5.41) is 17.6. The van der Waals surface area contributed by atoms with E-state index in [9.17, 15) is 5.11 Å². The molecule has 0 spiro atoms. The lowest BCUT2D eigenvalue weighted by Gasteiger charge is -2.36. The maximum Gasteiger partial charge on any atom is 0.162 e. The highest BCUT2D eigenvalue weighted by molar-refractivity contribution is 5.61. The third kappa shape index (κ3) is 3.80. The van der Waals surface area contributed by atoms with Crippen molar-refractivity contribution in [2.24, 2.45) is 0 Å². The van der Waals surface area contributed by atoms with Gasteiger partial charge in [0.2, 0.25) is 0 Å². The second-order valence-corrected chi connectivity index (χ2v) is 7.33. The molecule has 2 N–H and O–H groups in total. The number of rotatable bonds is 7. The van der Waals surface area contributed by atoms with Crippen molar-refractivity contribution in [3.63, 3.8) is 0 Å². The number of hydrogen-bond donors (Lipinski definition) is 2. The van der Waals surface area contributed by atoms with Gasteiger partial charge in [0.15, 0.2) is 5.65 Å². The van der Waals surface area contributed by atoms with E-state index < -0.39 is 0 Å². The molecule has 0 unspecified atom stereocenters. The predicted molar refractivity (Wildman–Crippen MR) is 111 cm³/mol. The Hall–Kier alpha value is -2.67. The average molecular weight is 380 g/mol. The molecule has 4 heterocycles. The molecule has 4 rings (SSSR count). The van der Waals surface area contributed by atoms with Gasteiger partial charge < -0.3 is 15.3 Å². The standard InChI is InChI=1S/C21H28N6O/c1-2-17-15-24-27-19(23-14-16-6-5-9-22-13-16)12-20(25-21(17)27)26-10-4-3-7-18(26)8-11-28/h5-6,9,12-13,15,18,23,28H,2-4,7-8,10-11,14H2,1H3/t18-/m0/s1. The summed E-state index contributed by atoms with van der Waals surface area (Å²) >= 11 is 0. The van der Waals surface area contributed by atoms with Crippen molar-refractivity contribution in [3.8, 4) is 0 Å². The fourth-order valence-electron chi connectivity index (χ4n) is 3.96. The molecule has 1 aliphatic rings. The van der Waals surface area contributed by atoms with Crippen LogP contribution in [0, 0.1) is 0 Å². The maximum absolute atomic E-state index is 9.49. The largest absolute Gasteiger partial charge is 0.396 e. The van der Waals surface area contributed by atoms with E-state index in [2.05, 4.69) is 39.4 Å². The Morgan fingerprint density at radius 2 is 2.21 bits per heavy atom. The Kier molecular flexibility index (Phi) is 5.71. The van der Waals surface area contributed by atoms with Crippen molar-refractivity contribution in [1.82, 2.24) is 19.6 Å². The van der Waals surface area contributed by atoms with E-state index in [0.29, 0.717) is 12.6 Å². The normalized spacial score (nSPS) is 17.2. The van der Waals surface area contributed by atoms with E-state index in [0.717, 1.165) is 60.6 Å². The molecule has 1 fully saturated rings. The van der Waals surface area contributed by atoms with Gasteiger partial charge in [-0.25, -0.2) is 4.98 Å². The summed E-state index contributed by atoms with van der Waals surface area (Å²) in [5.74, 6) is 1.89. The fourth-order valence-corrected chi connectivity index (χ4v) is 3.96. The molecule has 0 amide bonds. The number of aliphatic hydroxyl groups excluding tert-OH is 1. The topological polar surface area (TPSA) is 78.6 Å². The number of aliphatic hydroxyl groups is 1. The number of aromatic nitrogens is 4. The van der Waals surface area contributed by atoms with E-state index in [1.54, 1.807) is 6.20 Å². The SMILES string of the molecule is CCc1cnn2c(NCc3cccnc3)cc(N3CCCC[C@H]3CCO)nc12. The highest BCUT2D eigenvalue weighted by Crippen LogP contribution is 2.28. The van der Waals surface area contributed by atoms with E-state index in [4.69, 9.17) is 4.98 Å². The summed E-state index contributed by atoms with van der Waals surface area (Å²) in [6, 6.07) is 6.43. The van der Waals surface area contributed by atoms with Gasteiger partial charge in [0.05, 0.1) is 6.20 Å². The van der Waals surface area contributed by atoms with Crippen molar-refractivity contribution in [3.05, 3.63) is 47.9 Å². The number of fused-ring (bicyclic) bond motifs is 1. The van der Waals surface area contributed by atoms with Gasteiger partial charge in [-0.3, -0.25) is 4.98 Å². The first-order valence-corrected chi connectivity index (χ1v) is 10.2. The summed E-state index contributed by atoms with van der Waals surface area (Å²) in [7, 11) is 0. The lowest BCUT2D eigenvalue weighted by atomic mass is 9.99. The van der Waals surface area contributed by atoms with Gasteiger partial charge >= 0.3 is 0 Å². The van der Waals surface area contributed by atoms with Crippen molar-refractivity contribution in [2.45, 2.75) is 51.6 Å². The molecule has 1 aliphatic heterocycles. The zero-order chi connectivity index (χ0) is 19.3. The molecule has 7 nitrogen and oxygen atoms in total. The first-order chi connectivity index (χ1) is 13.8. The third-order valence-corrected chi connectivity index (χ3v) is 5.49. The Labute approximate surface area is 165 Å². The number of piperidine rings is 1. The van der Waals surface area contributed by atoms with Gasteiger partial charge in [-0.15, -0.1) is 0 Å². The second kappa shape index (κ2) is 8.56. The molecule has 7 heteroatoms. The molecule has 3 aromatic heterocycles. The van der Waals surface area contributed by atoms with Crippen LogP contribution in [0.15, 0.2) is 36.8 Å². The van der Waals surface area contributed by atoms with Gasteiger partial charge in [0.25, 0.3) is 0 Å². The number of nitrogens with one attached hydrogen (secondary N) is 1. The number of hydrogen-bond acceptors (Lipinski definition) is 6. The van der Waals surface area contributed by atoms with E-state index in [-0.39, 0.29) is 6.61 Å². The number of pyridine rings is 1. The predicted octanol–water partition coefficient (Wildman–Crippen LogP) is 3.04. The van der Waals surface area contributed by atoms with Gasteiger partial charge in [-0.05, 0) is 43.7 Å². The highest BCUT2D eigenvalue weighted by atomic mass is 16.3. The fraction of sp³-hybridized carbons (Fsp3) is 0.476. The quantitative estimate of drug-likeness (QED) is 0.656. The van der Waals surface area contributed by atoms with Crippen LogP contribution in [-0.4, -0.2) is 43.9 Å². The minimum Gasteiger partial charge on any atom is -0.396 e. The molecule has 1 atom stereocenters. The molecular formula is C21H28N6O. The van der Waals surface area contributed by atoms with E-state index >= 15 is 0 Å². The molecule has 3 aromatic rings. The molecule has 0 bridgehead atoms. The third-order valence-electron chi connectivity index (χ3n) is 5.49. The Morgan fingerprint density at radius 3 is 3.00 bits per heavy atom. The summed E-state index contributed by atoms with van der Waals surface area (Å²) in [6.07, 6.45) is 10.7. The minimum absolute atomic E-state index is 0.211. The van der Waals surface area contributed by atoms with Crippen LogP contribution < -0.4 is 10.2 Å². The van der Waals surface area contributed by atoms with Crippen molar-refractivity contribution < 1.29 is 5.11 Å². The Morgan fingerprint density at radius 1 is 1.29 bits per heavy atom. The first kappa shape index (κ1) is 18.7. The molecule has 0 saturated carbocycles. The summed E-state index contributed by atoms with van der Waals surface area (Å²) in [6.45, 7) is 3.99. The lowest BCUT2D eigenvalue weighted by Crippen LogP contribution is -2.40. The van der Waals surface area contributed by atoms with Crippen LogP contribution in [0.1, 0.15) is 43.7 Å². The molecule has 0 aromatic carbocycles. The number of anilines is 2. The van der Waals surface area contributed by atoms with Crippen LogP contribution >= 0.6 is 0 Å². The maximum atomic E-state index is 9.49. The Balaban J connectivity index is 1.70. The minimum atomic E-state index is 0.211. The van der Waals surface area contributed by atoms with Crippen LogP contribution in [0.3, 0.4) is 0 Å². The molecule has 0 radical (unpaired) electrons. The van der Waals surface area contributed by atoms with E-state index in [1.165, 1.54) is 6.42 Å². The van der Waals surface area contributed by atoms with Crippen LogP contribution in [0.25, 0.3) is 5.65 Å². The van der Waals surface area contributed by atoms with Gasteiger partial charge in [-0.1, -0.05) is 13.0 Å². The van der Waals surface area contributed by atoms with Gasteiger partial charge in [-0.2, -0.15) is 9.61 Å². The Bertz CT molecular complexity index is 908. The van der Waals surface area contributed by atoms with Crippen LogP contribution in [0.5, 0.6) is 0 Å². The zero-order valence-electron chi connectivity index (χ0n) is 16.4. The monoisotopic (exact) mass is 380 g/mol. The summed E-state index contributed by atoms with van der Waals surface area (Å²) in [4.78, 5) is 11.5. The van der Waals surface area contributed by atoms with Crippen molar-refractivity contribution in [1.29, 1.82) is 0 Å². The molecule has 1 saturated heterocycles. The van der Waals surface area contributed by atoms with Gasteiger partial charge in [0, 0.05) is 49.8 Å². The van der Waals surface area contributed by atoms with Crippen molar-refractivity contribution >= 4 is 17.3 Å². The van der Waals surface area contributed by atoms with Crippen LogP contribution in [0.4, 0.5) is 11.6 Å². The van der Waals surface area contributed by atoms with Crippen LogP contribution in [0.2, 0.25) is 0 Å². The molecule has 28 heavy (non-hydrogen) atoms. The molecule has 148 valence electrons. The average Bonchev–Trinajstić information content (AvgIpc) is 3.16. The van der Waals surface area contributed by atoms with Crippen LogP contribution in [-0.2, 0) is 13.0 Å². The molecule has 0 aliphatic carbocycles. The highest BCUT2D eigenvalue weighted by Gasteiger charge is 2.24. The first-order valence-electron chi connectivity index (χ1n) is 10.2. The van der Waals surface area contributed by atoms with E-state index in [1.807, 2.05) is 23.0 Å². The lowest BCUT2D eigenvalue weighted by molar-refractivity contribution is 0.262.